The van der Waals surface area contributed by atoms with Crippen LogP contribution in [0.15, 0.2) is 24.3 Å². The molecule has 0 aliphatic heterocycles. The van der Waals surface area contributed by atoms with Gasteiger partial charge < -0.3 is 10.2 Å². The molecule has 0 unspecified atom stereocenters. The summed E-state index contributed by atoms with van der Waals surface area (Å²) < 4.78 is 0. The van der Waals surface area contributed by atoms with Crippen LogP contribution in [0.25, 0.3) is 0 Å². The number of carbonyl (C=O) groups is 1. The Labute approximate surface area is 124 Å². The zero-order valence-electron chi connectivity index (χ0n) is 12.4. The summed E-state index contributed by atoms with van der Waals surface area (Å²) in [5.41, 5.74) is 0.0407. The third-order valence-corrected chi connectivity index (χ3v) is 4.30. The number of nitrogens with zero attached hydrogens (tertiary/aromatic N) is 2. The first-order valence-corrected chi connectivity index (χ1v) is 7.22. The fourth-order valence-electron chi connectivity index (χ4n) is 2.92. The highest BCUT2D eigenvalue weighted by Gasteiger charge is 2.29. The molecule has 1 aromatic carbocycles. The summed E-state index contributed by atoms with van der Waals surface area (Å²) in [5, 5.41) is 14.3. The molecule has 1 N–H and O–H groups in total. The van der Waals surface area contributed by atoms with Crippen LogP contribution in [0.1, 0.15) is 36.0 Å². The second-order valence-corrected chi connectivity index (χ2v) is 5.48. The molecule has 1 saturated carbocycles. The zero-order valence-corrected chi connectivity index (χ0v) is 12.4. The number of nitrogens with one attached hydrogen (secondary N) is 1. The van der Waals surface area contributed by atoms with Crippen molar-refractivity contribution in [3.63, 3.8) is 0 Å². The molecule has 0 bridgehead atoms. The number of amides is 1. The van der Waals surface area contributed by atoms with E-state index in [1.54, 1.807) is 24.1 Å². The summed E-state index contributed by atoms with van der Waals surface area (Å²) in [5.74, 6) is -0.268. The van der Waals surface area contributed by atoms with Crippen LogP contribution in [-0.2, 0) is 0 Å². The summed E-state index contributed by atoms with van der Waals surface area (Å²) in [4.78, 5) is 24.7. The first kappa shape index (κ1) is 15.4. The van der Waals surface area contributed by atoms with Crippen molar-refractivity contribution in [2.75, 3.05) is 14.1 Å². The molecule has 1 aliphatic rings. The van der Waals surface area contributed by atoms with Gasteiger partial charge in [0, 0.05) is 25.2 Å². The quantitative estimate of drug-likeness (QED) is 0.681. The van der Waals surface area contributed by atoms with Gasteiger partial charge in [-0.15, -0.1) is 0 Å². The molecular weight excluding hydrogens is 270 g/mol. The van der Waals surface area contributed by atoms with Gasteiger partial charge in [0.05, 0.1) is 4.92 Å². The van der Waals surface area contributed by atoms with Gasteiger partial charge in [0.25, 0.3) is 11.6 Å². The van der Waals surface area contributed by atoms with Crippen molar-refractivity contribution in [3.05, 3.63) is 39.9 Å². The number of benzene rings is 1. The van der Waals surface area contributed by atoms with E-state index in [0.29, 0.717) is 6.04 Å². The molecular formula is C15H21N3O3. The molecule has 0 radical (unpaired) electrons. The minimum atomic E-state index is -0.501. The lowest BCUT2D eigenvalue weighted by atomic mass is 9.90. The molecule has 6 heteroatoms. The van der Waals surface area contributed by atoms with Crippen LogP contribution in [0.3, 0.4) is 0 Å². The number of hydrogen-bond donors (Lipinski definition) is 1. The van der Waals surface area contributed by atoms with Gasteiger partial charge in [-0.3, -0.25) is 14.9 Å². The van der Waals surface area contributed by atoms with E-state index in [0.717, 1.165) is 25.7 Å². The molecule has 1 aromatic rings. The van der Waals surface area contributed by atoms with Crippen molar-refractivity contribution in [1.82, 2.24) is 10.2 Å². The van der Waals surface area contributed by atoms with E-state index in [9.17, 15) is 14.9 Å². The molecule has 0 saturated heterocycles. The maximum atomic E-state index is 12.5. The van der Waals surface area contributed by atoms with Gasteiger partial charge in [-0.25, -0.2) is 0 Å². The molecule has 21 heavy (non-hydrogen) atoms. The molecule has 1 amide bonds. The first-order valence-electron chi connectivity index (χ1n) is 7.22. The maximum absolute atomic E-state index is 12.5. The molecule has 0 spiro atoms. The third kappa shape index (κ3) is 3.39. The summed E-state index contributed by atoms with van der Waals surface area (Å²) in [6, 6.07) is 6.80. The lowest BCUT2D eigenvalue weighted by molar-refractivity contribution is -0.385. The molecule has 1 fully saturated rings. The average molecular weight is 291 g/mol. The van der Waals surface area contributed by atoms with Crippen molar-refractivity contribution < 1.29 is 9.72 Å². The second-order valence-electron chi connectivity index (χ2n) is 5.48. The predicted octanol–water partition coefficient (Wildman–Crippen LogP) is 2.20. The maximum Gasteiger partial charge on any atom is 0.282 e. The number of carbonyl (C=O) groups excluding carboxylic acids is 1. The lowest BCUT2D eigenvalue weighted by Crippen LogP contribution is -2.42. The number of para-hydroxylation sites is 1. The summed E-state index contributed by atoms with van der Waals surface area (Å²) in [7, 11) is 3.69. The van der Waals surface area contributed by atoms with E-state index in [1.165, 1.54) is 12.1 Å². The van der Waals surface area contributed by atoms with Crippen LogP contribution in [-0.4, -0.2) is 41.9 Å². The Morgan fingerprint density at radius 2 is 1.90 bits per heavy atom. The number of nitro groups is 1. The van der Waals surface area contributed by atoms with Gasteiger partial charge in [-0.2, -0.15) is 0 Å². The topological polar surface area (TPSA) is 75.5 Å². The Morgan fingerprint density at radius 1 is 1.29 bits per heavy atom. The van der Waals surface area contributed by atoms with Crippen molar-refractivity contribution >= 4 is 11.6 Å². The summed E-state index contributed by atoms with van der Waals surface area (Å²) in [6.07, 6.45) is 3.90. The molecule has 0 atom stereocenters. The Balaban J connectivity index is 2.11. The van der Waals surface area contributed by atoms with E-state index in [2.05, 4.69) is 5.32 Å². The van der Waals surface area contributed by atoms with E-state index < -0.39 is 4.92 Å². The molecule has 0 heterocycles. The first-order chi connectivity index (χ1) is 10.0. The second kappa shape index (κ2) is 6.67. The van der Waals surface area contributed by atoms with Crippen LogP contribution < -0.4 is 5.32 Å². The largest absolute Gasteiger partial charge is 0.339 e. The average Bonchev–Trinajstić information content (AvgIpc) is 2.53. The molecule has 6 nitrogen and oxygen atoms in total. The standard InChI is InChI=1S/C15H21N3O3/c1-16-11-7-9-12(10-8-11)17(2)15(19)13-5-3-4-6-14(13)18(20)21/h3-6,11-12,16H,7-10H2,1-2H3. The van der Waals surface area contributed by atoms with E-state index >= 15 is 0 Å². The SMILES string of the molecule is CNC1CCC(N(C)C(=O)c2ccccc2[N+](=O)[O-])CC1. The Hall–Kier alpha value is -1.95. The Morgan fingerprint density at radius 3 is 2.48 bits per heavy atom. The number of hydrogen-bond acceptors (Lipinski definition) is 4. The minimum absolute atomic E-state index is 0.127. The fourth-order valence-corrected chi connectivity index (χ4v) is 2.92. The highest BCUT2D eigenvalue weighted by Crippen LogP contribution is 2.25. The third-order valence-electron chi connectivity index (χ3n) is 4.30. The van der Waals surface area contributed by atoms with Crippen LogP contribution >= 0.6 is 0 Å². The minimum Gasteiger partial charge on any atom is -0.339 e. The normalized spacial score (nSPS) is 21.8. The Bertz CT molecular complexity index is 525. The van der Waals surface area contributed by atoms with Gasteiger partial charge in [0.15, 0.2) is 0 Å². The van der Waals surface area contributed by atoms with Crippen LogP contribution in [0, 0.1) is 10.1 Å². The monoisotopic (exact) mass is 291 g/mol. The van der Waals surface area contributed by atoms with E-state index in [4.69, 9.17) is 0 Å². The van der Waals surface area contributed by atoms with Crippen molar-refractivity contribution in [1.29, 1.82) is 0 Å². The Kier molecular flexibility index (Phi) is 4.90. The van der Waals surface area contributed by atoms with Crippen LogP contribution in [0.4, 0.5) is 5.69 Å². The molecule has 114 valence electrons. The van der Waals surface area contributed by atoms with Gasteiger partial charge in [0.2, 0.25) is 0 Å². The smallest absolute Gasteiger partial charge is 0.282 e. The lowest BCUT2D eigenvalue weighted by Gasteiger charge is -2.34. The summed E-state index contributed by atoms with van der Waals surface area (Å²) in [6.45, 7) is 0. The highest BCUT2D eigenvalue weighted by molar-refractivity contribution is 5.98. The molecule has 0 aromatic heterocycles. The van der Waals surface area contributed by atoms with Gasteiger partial charge in [0.1, 0.15) is 5.56 Å². The van der Waals surface area contributed by atoms with Crippen molar-refractivity contribution in [2.45, 2.75) is 37.8 Å². The van der Waals surface area contributed by atoms with Crippen molar-refractivity contribution in [2.24, 2.45) is 0 Å². The number of nitro benzene ring substituents is 1. The predicted molar refractivity (Wildman–Crippen MR) is 80.3 cm³/mol. The van der Waals surface area contributed by atoms with Gasteiger partial charge in [-0.05, 0) is 38.8 Å². The van der Waals surface area contributed by atoms with Crippen LogP contribution in [0.2, 0.25) is 0 Å². The zero-order chi connectivity index (χ0) is 15.4. The summed E-state index contributed by atoms with van der Waals surface area (Å²) >= 11 is 0. The van der Waals surface area contributed by atoms with Crippen molar-refractivity contribution in [3.8, 4) is 0 Å². The molecule has 2 rings (SSSR count). The van der Waals surface area contributed by atoms with E-state index in [1.807, 2.05) is 7.05 Å². The van der Waals surface area contributed by atoms with Crippen LogP contribution in [0.5, 0.6) is 0 Å². The number of rotatable bonds is 4. The van der Waals surface area contributed by atoms with Gasteiger partial charge in [-0.1, -0.05) is 12.1 Å². The molecule has 1 aliphatic carbocycles. The van der Waals surface area contributed by atoms with Gasteiger partial charge >= 0.3 is 0 Å². The fraction of sp³-hybridized carbons (Fsp3) is 0.533. The van der Waals surface area contributed by atoms with E-state index in [-0.39, 0.29) is 23.2 Å². The highest BCUT2D eigenvalue weighted by atomic mass is 16.6.